The summed E-state index contributed by atoms with van der Waals surface area (Å²) in [4.78, 5) is 13.3. The van der Waals surface area contributed by atoms with E-state index in [1.54, 1.807) is 10.6 Å². The molecule has 0 fully saturated rings. The summed E-state index contributed by atoms with van der Waals surface area (Å²) in [6.45, 7) is 0.499. The lowest BCUT2D eigenvalue weighted by Gasteiger charge is -2.13. The molecule has 0 bridgehead atoms. The molecule has 136 valence electrons. The number of halogens is 1. The normalized spacial score (nSPS) is 13.2. The topological polar surface area (TPSA) is 83.0 Å². The number of aromatic nitrogens is 2. The first kappa shape index (κ1) is 17.5. The molecule has 0 amide bonds. The van der Waals surface area contributed by atoms with Gasteiger partial charge in [-0.3, -0.25) is 14.6 Å². The minimum atomic E-state index is -0.0586. The third-order valence-corrected chi connectivity index (χ3v) is 4.51. The summed E-state index contributed by atoms with van der Waals surface area (Å²) >= 11 is 6.25. The van der Waals surface area contributed by atoms with Crippen LogP contribution in [0.25, 0.3) is 5.69 Å². The molecule has 2 heterocycles. The number of aliphatic hydroxyl groups excluding tert-OH is 1. The van der Waals surface area contributed by atoms with E-state index in [1.165, 1.54) is 6.21 Å². The zero-order valence-electron chi connectivity index (χ0n) is 14.4. The van der Waals surface area contributed by atoms with E-state index in [0.29, 0.717) is 23.1 Å². The van der Waals surface area contributed by atoms with E-state index >= 15 is 0 Å². The summed E-state index contributed by atoms with van der Waals surface area (Å²) in [7, 11) is 0. The zero-order chi connectivity index (χ0) is 18.8. The first-order valence-corrected chi connectivity index (χ1v) is 8.88. The van der Waals surface area contributed by atoms with Gasteiger partial charge >= 0.3 is 0 Å². The van der Waals surface area contributed by atoms with Crippen molar-refractivity contribution in [3.63, 3.8) is 0 Å². The Morgan fingerprint density at radius 1 is 1.19 bits per heavy atom. The largest absolute Gasteiger partial charge is 0.493 e. The molecule has 0 saturated carbocycles. The van der Waals surface area contributed by atoms with E-state index in [-0.39, 0.29) is 19.0 Å². The molecule has 2 aromatic carbocycles. The Balaban J connectivity index is 1.89. The first-order chi connectivity index (χ1) is 13.2. The Labute approximate surface area is 161 Å². The van der Waals surface area contributed by atoms with Crippen molar-refractivity contribution < 1.29 is 10.2 Å². The van der Waals surface area contributed by atoms with Crippen LogP contribution in [0.2, 0.25) is 5.02 Å². The Bertz CT molecular complexity index is 1040. The molecule has 1 aliphatic heterocycles. The molecule has 6 nitrogen and oxygen atoms in total. The van der Waals surface area contributed by atoms with Crippen molar-refractivity contribution in [3.05, 3.63) is 76.2 Å². The number of aromatic hydroxyl groups is 1. The Morgan fingerprint density at radius 2 is 2.00 bits per heavy atom. The van der Waals surface area contributed by atoms with Gasteiger partial charge in [-0.05, 0) is 18.2 Å². The average Bonchev–Trinajstić information content (AvgIpc) is 2.90. The average molecular weight is 381 g/mol. The van der Waals surface area contributed by atoms with Crippen LogP contribution in [0.5, 0.6) is 5.88 Å². The van der Waals surface area contributed by atoms with Crippen molar-refractivity contribution in [2.75, 3.05) is 13.2 Å². The highest BCUT2D eigenvalue weighted by Gasteiger charge is 2.24. The molecule has 1 aliphatic rings. The Hall–Kier alpha value is -2.96. The molecule has 0 atom stereocenters. The van der Waals surface area contributed by atoms with Crippen molar-refractivity contribution in [2.24, 2.45) is 9.98 Å². The van der Waals surface area contributed by atoms with Crippen LogP contribution in [0.3, 0.4) is 0 Å². The number of imidazole rings is 1. The second-order valence-electron chi connectivity index (χ2n) is 6.02. The lowest BCUT2D eigenvalue weighted by atomic mass is 10.0. The van der Waals surface area contributed by atoms with E-state index < -0.39 is 0 Å². The van der Waals surface area contributed by atoms with Crippen LogP contribution in [0.1, 0.15) is 22.6 Å². The molecule has 0 radical (unpaired) electrons. The summed E-state index contributed by atoms with van der Waals surface area (Å²) in [5, 5.41) is 20.2. The number of nitrogens with zero attached hydrogens (tertiary/aromatic N) is 4. The van der Waals surface area contributed by atoms with Crippen LogP contribution in [0.4, 0.5) is 0 Å². The molecule has 4 rings (SSSR count). The molecule has 27 heavy (non-hydrogen) atoms. The molecular formula is C20H17ClN4O2. The van der Waals surface area contributed by atoms with Crippen LogP contribution in [-0.2, 0) is 6.54 Å². The summed E-state index contributed by atoms with van der Waals surface area (Å²) < 4.78 is 1.67. The predicted octanol–water partition coefficient (Wildman–Crippen LogP) is 2.99. The smallest absolute Gasteiger partial charge is 0.225 e. The highest BCUT2D eigenvalue weighted by atomic mass is 35.5. The Morgan fingerprint density at radius 3 is 2.78 bits per heavy atom. The number of aliphatic imine (C=N–C) groups is 2. The summed E-state index contributed by atoms with van der Waals surface area (Å²) in [5.74, 6) is 0.590. The second kappa shape index (κ2) is 7.34. The number of aliphatic hydroxyl groups is 1. The van der Waals surface area contributed by atoms with Crippen LogP contribution >= 0.6 is 11.6 Å². The SMILES string of the molecule is OCCN=Cc1nc2n(c1O)-c1ccc(Cl)cc1C(c1ccccc1)=NC2. The van der Waals surface area contributed by atoms with Gasteiger partial charge in [0.15, 0.2) is 0 Å². The quantitative estimate of drug-likeness (QED) is 0.682. The Kier molecular flexibility index (Phi) is 4.75. The minimum absolute atomic E-state index is 0.0141. The van der Waals surface area contributed by atoms with Crippen molar-refractivity contribution >= 4 is 23.5 Å². The highest BCUT2D eigenvalue weighted by molar-refractivity contribution is 6.31. The molecule has 0 aliphatic carbocycles. The van der Waals surface area contributed by atoms with E-state index in [4.69, 9.17) is 21.7 Å². The monoisotopic (exact) mass is 380 g/mol. The number of hydrogen-bond donors (Lipinski definition) is 2. The van der Waals surface area contributed by atoms with Crippen molar-refractivity contribution in [1.82, 2.24) is 9.55 Å². The highest BCUT2D eigenvalue weighted by Crippen LogP contribution is 2.32. The standard InChI is InChI=1S/C20H17ClN4O2/c21-14-6-7-17-15(10-14)19(13-4-2-1-3-5-13)23-12-18-24-16(11-22-8-9-26)20(27)25(17)18/h1-7,10-11,26-27H,8-9,12H2. The predicted molar refractivity (Wildman–Crippen MR) is 106 cm³/mol. The van der Waals surface area contributed by atoms with E-state index in [2.05, 4.69) is 9.98 Å². The van der Waals surface area contributed by atoms with Gasteiger partial charge in [0.1, 0.15) is 11.5 Å². The molecule has 7 heteroatoms. The van der Waals surface area contributed by atoms with E-state index in [1.807, 2.05) is 42.5 Å². The number of fused-ring (bicyclic) bond motifs is 3. The summed E-state index contributed by atoms with van der Waals surface area (Å²) in [6, 6.07) is 15.3. The van der Waals surface area contributed by atoms with Crippen LogP contribution < -0.4 is 0 Å². The molecule has 0 unspecified atom stereocenters. The fraction of sp³-hybridized carbons (Fsp3) is 0.150. The first-order valence-electron chi connectivity index (χ1n) is 8.50. The zero-order valence-corrected chi connectivity index (χ0v) is 15.1. The van der Waals surface area contributed by atoms with Crippen molar-refractivity contribution in [1.29, 1.82) is 0 Å². The van der Waals surface area contributed by atoms with Gasteiger partial charge in [0.2, 0.25) is 5.88 Å². The molecule has 2 N–H and O–H groups in total. The van der Waals surface area contributed by atoms with Gasteiger partial charge in [-0.15, -0.1) is 0 Å². The maximum absolute atomic E-state index is 10.7. The fourth-order valence-corrected chi connectivity index (χ4v) is 3.27. The number of hydrogen-bond acceptors (Lipinski definition) is 5. The van der Waals surface area contributed by atoms with Crippen molar-refractivity contribution in [3.8, 4) is 11.6 Å². The molecule has 3 aromatic rings. The van der Waals surface area contributed by atoms with E-state index in [9.17, 15) is 5.11 Å². The van der Waals surface area contributed by atoms with Crippen LogP contribution in [-0.4, -0.2) is 44.8 Å². The van der Waals surface area contributed by atoms with Gasteiger partial charge in [0.25, 0.3) is 0 Å². The van der Waals surface area contributed by atoms with Crippen molar-refractivity contribution in [2.45, 2.75) is 6.54 Å². The van der Waals surface area contributed by atoms with Gasteiger partial charge in [0.05, 0.1) is 37.3 Å². The lowest BCUT2D eigenvalue weighted by Crippen LogP contribution is -2.07. The van der Waals surface area contributed by atoms with Gasteiger partial charge in [-0.2, -0.15) is 0 Å². The minimum Gasteiger partial charge on any atom is -0.493 e. The maximum atomic E-state index is 10.7. The van der Waals surface area contributed by atoms with Gasteiger partial charge in [-0.25, -0.2) is 4.98 Å². The number of benzene rings is 2. The maximum Gasteiger partial charge on any atom is 0.225 e. The second-order valence-corrected chi connectivity index (χ2v) is 6.46. The third-order valence-electron chi connectivity index (χ3n) is 4.27. The lowest BCUT2D eigenvalue weighted by molar-refractivity contribution is 0.307. The summed E-state index contributed by atoms with van der Waals surface area (Å²) in [5.41, 5.74) is 3.68. The van der Waals surface area contributed by atoms with Gasteiger partial charge in [-0.1, -0.05) is 41.9 Å². The number of rotatable bonds is 4. The summed E-state index contributed by atoms with van der Waals surface area (Å²) in [6.07, 6.45) is 1.46. The third kappa shape index (κ3) is 3.25. The van der Waals surface area contributed by atoms with Gasteiger partial charge in [0, 0.05) is 16.1 Å². The molecule has 0 saturated heterocycles. The molecule has 0 spiro atoms. The molecular weight excluding hydrogens is 364 g/mol. The fourth-order valence-electron chi connectivity index (χ4n) is 3.10. The van der Waals surface area contributed by atoms with Gasteiger partial charge < -0.3 is 10.2 Å². The van der Waals surface area contributed by atoms with E-state index in [0.717, 1.165) is 22.5 Å². The van der Waals surface area contributed by atoms with Crippen LogP contribution in [0.15, 0.2) is 58.5 Å². The molecule has 1 aromatic heterocycles. The van der Waals surface area contributed by atoms with Crippen LogP contribution in [0, 0.1) is 0 Å².